The molecule has 0 spiro atoms. The van der Waals surface area contributed by atoms with Crippen molar-refractivity contribution in [1.29, 1.82) is 0 Å². The van der Waals surface area contributed by atoms with Crippen LogP contribution in [0.25, 0.3) is 0 Å². The summed E-state index contributed by atoms with van der Waals surface area (Å²) in [6.45, 7) is -0.178. The third kappa shape index (κ3) is 2.46. The zero-order valence-corrected chi connectivity index (χ0v) is 8.53. The number of hydrogen-bond donors (Lipinski definition) is 2. The van der Waals surface area contributed by atoms with Gasteiger partial charge in [-0.05, 0) is 6.07 Å². The van der Waals surface area contributed by atoms with E-state index in [-0.39, 0.29) is 18.4 Å². The van der Waals surface area contributed by atoms with Crippen LogP contribution in [0.15, 0.2) is 12.3 Å². The maximum atomic E-state index is 11.0. The summed E-state index contributed by atoms with van der Waals surface area (Å²) in [7, 11) is 1.74. The molecule has 0 saturated heterocycles. The number of alkyl halides is 1. The number of nitrogens with zero attached hydrogens (tertiary/aromatic N) is 2. The second-order valence-corrected chi connectivity index (χ2v) is 3.08. The molecule has 0 radical (unpaired) electrons. The highest BCUT2D eigenvalue weighted by atomic mass is 35.5. The van der Waals surface area contributed by atoms with E-state index in [1.54, 1.807) is 24.0 Å². The normalized spacial score (nSPS) is 12.5. The fraction of sp³-hybridized carbons (Fsp3) is 0.500. The lowest BCUT2D eigenvalue weighted by Gasteiger charge is -2.15. The highest BCUT2D eigenvalue weighted by molar-refractivity contribution is 6.27. The molecule has 78 valence electrons. The molecule has 2 N–H and O–H groups in total. The summed E-state index contributed by atoms with van der Waals surface area (Å²) in [5.41, 5.74) is 0.742. The van der Waals surface area contributed by atoms with Crippen LogP contribution in [0.2, 0.25) is 0 Å². The standard InChI is InChI=1S/C8H12ClN3O2/c1-12-7(2-3-10-12)6(5-13)11-8(14)4-9/h2-3,6,13H,4-5H2,1H3,(H,11,14). The minimum atomic E-state index is -0.450. The first-order valence-corrected chi connectivity index (χ1v) is 4.66. The van der Waals surface area contributed by atoms with Crippen molar-refractivity contribution < 1.29 is 9.90 Å². The molecule has 5 nitrogen and oxygen atoms in total. The fourth-order valence-corrected chi connectivity index (χ4v) is 1.25. The van der Waals surface area contributed by atoms with Crippen LogP contribution in [0.1, 0.15) is 11.7 Å². The van der Waals surface area contributed by atoms with Gasteiger partial charge in [-0.2, -0.15) is 5.10 Å². The largest absolute Gasteiger partial charge is 0.394 e. The van der Waals surface area contributed by atoms with Gasteiger partial charge in [-0.3, -0.25) is 9.48 Å². The van der Waals surface area contributed by atoms with Crippen LogP contribution in [0, 0.1) is 0 Å². The van der Waals surface area contributed by atoms with Gasteiger partial charge in [0.1, 0.15) is 5.88 Å². The molecule has 0 aliphatic carbocycles. The molecule has 0 fully saturated rings. The van der Waals surface area contributed by atoms with E-state index in [1.165, 1.54) is 0 Å². The second-order valence-electron chi connectivity index (χ2n) is 2.82. The lowest BCUT2D eigenvalue weighted by molar-refractivity contribution is -0.119. The Bertz CT molecular complexity index is 313. The Hall–Kier alpha value is -1.07. The molecule has 0 aliphatic heterocycles. The van der Waals surface area contributed by atoms with Crippen LogP contribution in [0.3, 0.4) is 0 Å². The second kappa shape index (κ2) is 4.97. The molecule has 0 saturated carbocycles. The summed E-state index contributed by atoms with van der Waals surface area (Å²) in [6, 6.07) is 1.28. The lowest BCUT2D eigenvalue weighted by atomic mass is 10.2. The molecule has 1 atom stereocenters. The molecule has 1 heterocycles. The highest BCUT2D eigenvalue weighted by Gasteiger charge is 2.15. The minimum absolute atomic E-state index is 0.117. The van der Waals surface area contributed by atoms with Crippen LogP contribution in [0.4, 0.5) is 0 Å². The van der Waals surface area contributed by atoms with Crippen molar-refractivity contribution in [2.45, 2.75) is 6.04 Å². The third-order valence-corrected chi connectivity index (χ3v) is 2.10. The molecule has 1 amide bonds. The Morgan fingerprint density at radius 2 is 2.57 bits per heavy atom. The number of carbonyl (C=O) groups excluding carboxylic acids is 1. The Balaban J connectivity index is 2.72. The van der Waals surface area contributed by atoms with Crippen LogP contribution < -0.4 is 5.32 Å². The molecule has 14 heavy (non-hydrogen) atoms. The van der Waals surface area contributed by atoms with Gasteiger partial charge in [-0.1, -0.05) is 0 Å². The van der Waals surface area contributed by atoms with Crippen molar-refractivity contribution in [3.05, 3.63) is 18.0 Å². The Morgan fingerprint density at radius 1 is 1.86 bits per heavy atom. The number of amides is 1. The molecule has 1 aromatic heterocycles. The summed E-state index contributed by atoms with van der Waals surface area (Å²) in [5.74, 6) is -0.430. The van der Waals surface area contributed by atoms with Crippen LogP contribution in [0.5, 0.6) is 0 Å². The van der Waals surface area contributed by atoms with E-state index in [4.69, 9.17) is 16.7 Å². The molecule has 0 aromatic carbocycles. The van der Waals surface area contributed by atoms with Crippen molar-refractivity contribution in [3.63, 3.8) is 0 Å². The van der Waals surface area contributed by atoms with E-state index in [1.807, 2.05) is 0 Å². The minimum Gasteiger partial charge on any atom is -0.394 e. The summed E-state index contributed by atoms with van der Waals surface area (Å²) in [4.78, 5) is 11.0. The molecular formula is C8H12ClN3O2. The monoisotopic (exact) mass is 217 g/mol. The van der Waals surface area contributed by atoms with E-state index in [0.29, 0.717) is 0 Å². The van der Waals surface area contributed by atoms with Crippen molar-refractivity contribution >= 4 is 17.5 Å². The highest BCUT2D eigenvalue weighted by Crippen LogP contribution is 2.10. The van der Waals surface area contributed by atoms with E-state index >= 15 is 0 Å². The number of hydrogen-bond acceptors (Lipinski definition) is 3. The van der Waals surface area contributed by atoms with Crippen molar-refractivity contribution in [2.75, 3.05) is 12.5 Å². The van der Waals surface area contributed by atoms with E-state index in [9.17, 15) is 4.79 Å². The van der Waals surface area contributed by atoms with Crippen molar-refractivity contribution in [3.8, 4) is 0 Å². The maximum Gasteiger partial charge on any atom is 0.235 e. The van der Waals surface area contributed by atoms with Crippen molar-refractivity contribution in [1.82, 2.24) is 15.1 Å². The summed E-state index contributed by atoms with van der Waals surface area (Å²) < 4.78 is 1.59. The number of nitrogens with one attached hydrogen (secondary N) is 1. The van der Waals surface area contributed by atoms with Gasteiger partial charge < -0.3 is 10.4 Å². The fourth-order valence-electron chi connectivity index (χ4n) is 1.17. The number of aliphatic hydroxyl groups excluding tert-OH is 1. The van der Waals surface area contributed by atoms with Gasteiger partial charge in [-0.15, -0.1) is 11.6 Å². The first-order chi connectivity index (χ1) is 6.69. The Kier molecular flexibility index (Phi) is 3.91. The average Bonchev–Trinajstić information content (AvgIpc) is 2.60. The van der Waals surface area contributed by atoms with Gasteiger partial charge >= 0.3 is 0 Å². The molecule has 1 rings (SSSR count). The molecule has 6 heteroatoms. The number of halogens is 1. The quantitative estimate of drug-likeness (QED) is 0.687. The molecule has 0 bridgehead atoms. The summed E-state index contributed by atoms with van der Waals surface area (Å²) in [6.07, 6.45) is 1.60. The topological polar surface area (TPSA) is 67.2 Å². The lowest BCUT2D eigenvalue weighted by Crippen LogP contribution is -2.32. The number of aryl methyl sites for hydroxylation is 1. The Labute approximate surface area is 86.7 Å². The number of aliphatic hydroxyl groups is 1. The predicted molar refractivity (Wildman–Crippen MR) is 51.9 cm³/mol. The third-order valence-electron chi connectivity index (χ3n) is 1.86. The molecule has 1 unspecified atom stereocenters. The molecular weight excluding hydrogens is 206 g/mol. The van der Waals surface area contributed by atoms with Gasteiger partial charge in [0, 0.05) is 13.2 Å². The number of rotatable bonds is 4. The average molecular weight is 218 g/mol. The first kappa shape index (κ1) is 11.0. The number of aromatic nitrogens is 2. The first-order valence-electron chi connectivity index (χ1n) is 4.13. The van der Waals surface area contributed by atoms with Crippen LogP contribution >= 0.6 is 11.6 Å². The number of carbonyl (C=O) groups is 1. The summed E-state index contributed by atoms with van der Waals surface area (Å²) >= 11 is 5.34. The molecule has 1 aromatic rings. The van der Waals surface area contributed by atoms with Crippen LogP contribution in [-0.2, 0) is 11.8 Å². The maximum absolute atomic E-state index is 11.0. The SMILES string of the molecule is Cn1nccc1C(CO)NC(=O)CCl. The summed E-state index contributed by atoms with van der Waals surface area (Å²) in [5, 5.41) is 15.6. The zero-order valence-electron chi connectivity index (χ0n) is 7.77. The van der Waals surface area contributed by atoms with Gasteiger partial charge in [0.2, 0.25) is 5.91 Å². The van der Waals surface area contributed by atoms with Crippen molar-refractivity contribution in [2.24, 2.45) is 7.05 Å². The van der Waals surface area contributed by atoms with Gasteiger partial charge in [-0.25, -0.2) is 0 Å². The van der Waals surface area contributed by atoms with E-state index < -0.39 is 6.04 Å². The van der Waals surface area contributed by atoms with Crippen LogP contribution in [-0.4, -0.2) is 33.3 Å². The zero-order chi connectivity index (χ0) is 10.6. The van der Waals surface area contributed by atoms with Gasteiger partial charge in [0.15, 0.2) is 0 Å². The predicted octanol–water partition coefficient (Wildman–Crippen LogP) is -0.191. The van der Waals surface area contributed by atoms with E-state index in [2.05, 4.69) is 10.4 Å². The van der Waals surface area contributed by atoms with E-state index in [0.717, 1.165) is 5.69 Å². The van der Waals surface area contributed by atoms with Gasteiger partial charge in [0.05, 0.1) is 18.3 Å². The Morgan fingerprint density at radius 3 is 3.00 bits per heavy atom. The van der Waals surface area contributed by atoms with Gasteiger partial charge in [0.25, 0.3) is 0 Å². The smallest absolute Gasteiger partial charge is 0.235 e. The molecule has 0 aliphatic rings.